The van der Waals surface area contributed by atoms with Gasteiger partial charge in [0, 0.05) is 10.6 Å². The molecule has 0 atom stereocenters. The van der Waals surface area contributed by atoms with Crippen LogP contribution in [0.5, 0.6) is 0 Å². The van der Waals surface area contributed by atoms with E-state index in [1.54, 1.807) is 24.3 Å². The lowest BCUT2D eigenvalue weighted by Crippen LogP contribution is -1.82. The number of halogens is 1. The molecule has 3 aromatic rings. The van der Waals surface area contributed by atoms with Crippen molar-refractivity contribution in [2.45, 2.75) is 0 Å². The third-order valence-corrected chi connectivity index (χ3v) is 3.90. The zero-order valence-electron chi connectivity index (χ0n) is 11.0. The van der Waals surface area contributed by atoms with Crippen molar-refractivity contribution in [1.82, 2.24) is 10.2 Å². The number of benzene rings is 1. The van der Waals surface area contributed by atoms with Crippen molar-refractivity contribution in [2.24, 2.45) is 0 Å². The van der Waals surface area contributed by atoms with E-state index in [0.717, 1.165) is 10.6 Å². The highest BCUT2D eigenvalue weighted by atomic mass is 35.5. The molecule has 2 heterocycles. The molecule has 0 amide bonds. The normalized spacial score (nSPS) is 11.1. The Hall–Kier alpha value is -2.51. The molecule has 0 unspecified atom stereocenters. The Bertz CT molecular complexity index is 839. The van der Waals surface area contributed by atoms with E-state index in [2.05, 4.69) is 10.2 Å². The standard InChI is InChI=1S/C14H8ClN3O3S/c15-10-3-1-9(2-4-10)14-17-16-12(22-14)7-5-11-6-8-13(21-11)18(19)20/h1-8H. The SMILES string of the molecule is O=[N+]([O-])c1ccc(C=Cc2nnc(-c3ccc(Cl)cc3)s2)o1. The minimum atomic E-state index is -0.582. The van der Waals surface area contributed by atoms with Crippen molar-refractivity contribution in [3.63, 3.8) is 0 Å². The predicted molar refractivity (Wildman–Crippen MR) is 84.6 cm³/mol. The number of aromatic nitrogens is 2. The minimum absolute atomic E-state index is 0.293. The number of nitro groups is 1. The Morgan fingerprint density at radius 3 is 2.59 bits per heavy atom. The molecular weight excluding hydrogens is 326 g/mol. The smallest absolute Gasteiger partial charge is 0.401 e. The molecule has 0 bridgehead atoms. The van der Waals surface area contributed by atoms with Gasteiger partial charge in [0.05, 0.1) is 6.07 Å². The lowest BCUT2D eigenvalue weighted by atomic mass is 10.2. The molecule has 0 radical (unpaired) electrons. The molecule has 3 rings (SSSR count). The van der Waals surface area contributed by atoms with Crippen LogP contribution in [0.1, 0.15) is 10.8 Å². The third kappa shape index (κ3) is 3.21. The third-order valence-electron chi connectivity index (χ3n) is 2.71. The second-order valence-electron chi connectivity index (χ2n) is 4.22. The average Bonchev–Trinajstić information content (AvgIpc) is 3.15. The van der Waals surface area contributed by atoms with E-state index >= 15 is 0 Å². The lowest BCUT2D eigenvalue weighted by molar-refractivity contribution is -0.402. The van der Waals surface area contributed by atoms with Gasteiger partial charge >= 0.3 is 5.88 Å². The highest BCUT2D eigenvalue weighted by molar-refractivity contribution is 7.15. The Balaban J connectivity index is 1.77. The fraction of sp³-hybridized carbons (Fsp3) is 0. The Kier molecular flexibility index (Phi) is 3.99. The highest BCUT2D eigenvalue weighted by Gasteiger charge is 2.10. The Labute approximate surface area is 133 Å². The summed E-state index contributed by atoms with van der Waals surface area (Å²) in [4.78, 5) is 9.95. The summed E-state index contributed by atoms with van der Waals surface area (Å²) < 4.78 is 5.03. The van der Waals surface area contributed by atoms with E-state index < -0.39 is 4.92 Å². The molecule has 0 N–H and O–H groups in total. The quantitative estimate of drug-likeness (QED) is 0.517. The van der Waals surface area contributed by atoms with Crippen LogP contribution in [0.25, 0.3) is 22.7 Å². The van der Waals surface area contributed by atoms with Crippen LogP contribution in [-0.2, 0) is 0 Å². The fourth-order valence-corrected chi connectivity index (χ4v) is 2.57. The van der Waals surface area contributed by atoms with Gasteiger partial charge in [-0.15, -0.1) is 10.2 Å². The van der Waals surface area contributed by atoms with Crippen LogP contribution in [0.2, 0.25) is 5.02 Å². The summed E-state index contributed by atoms with van der Waals surface area (Å²) in [7, 11) is 0. The molecule has 0 spiro atoms. The van der Waals surface area contributed by atoms with Crippen LogP contribution < -0.4 is 0 Å². The van der Waals surface area contributed by atoms with Crippen molar-refractivity contribution in [3.05, 3.63) is 62.3 Å². The first-order valence-corrected chi connectivity index (χ1v) is 7.33. The summed E-state index contributed by atoms with van der Waals surface area (Å²) in [5, 5.41) is 20.8. The van der Waals surface area contributed by atoms with Gasteiger partial charge < -0.3 is 4.42 Å². The summed E-state index contributed by atoms with van der Waals surface area (Å²) in [6.45, 7) is 0. The van der Waals surface area contributed by atoms with Crippen LogP contribution >= 0.6 is 22.9 Å². The fourth-order valence-electron chi connectivity index (χ4n) is 1.69. The molecule has 1 aromatic carbocycles. The summed E-state index contributed by atoms with van der Waals surface area (Å²) in [6.07, 6.45) is 3.30. The van der Waals surface area contributed by atoms with E-state index in [1.165, 1.54) is 23.5 Å². The van der Waals surface area contributed by atoms with Gasteiger partial charge in [0.2, 0.25) is 0 Å². The first-order chi connectivity index (χ1) is 10.6. The maximum Gasteiger partial charge on any atom is 0.433 e. The monoisotopic (exact) mass is 333 g/mol. The van der Waals surface area contributed by atoms with Crippen molar-refractivity contribution < 1.29 is 9.34 Å². The summed E-state index contributed by atoms with van der Waals surface area (Å²) in [6, 6.07) is 10.1. The first kappa shape index (κ1) is 14.4. The lowest BCUT2D eigenvalue weighted by Gasteiger charge is -1.93. The van der Waals surface area contributed by atoms with Crippen molar-refractivity contribution in [2.75, 3.05) is 0 Å². The van der Waals surface area contributed by atoms with Gasteiger partial charge in [-0.05, 0) is 30.4 Å². The average molecular weight is 334 g/mol. The number of nitrogens with zero attached hydrogens (tertiary/aromatic N) is 3. The van der Waals surface area contributed by atoms with Crippen LogP contribution in [-0.4, -0.2) is 15.1 Å². The summed E-state index contributed by atoms with van der Waals surface area (Å²) >= 11 is 7.24. The van der Waals surface area contributed by atoms with E-state index in [1.807, 2.05) is 12.1 Å². The number of hydrogen-bond acceptors (Lipinski definition) is 6. The van der Waals surface area contributed by atoms with Gasteiger partial charge in [-0.25, -0.2) is 0 Å². The molecule has 0 fully saturated rings. The first-order valence-electron chi connectivity index (χ1n) is 6.13. The maximum atomic E-state index is 10.5. The van der Waals surface area contributed by atoms with Crippen LogP contribution in [0.4, 0.5) is 5.88 Å². The van der Waals surface area contributed by atoms with E-state index in [-0.39, 0.29) is 5.88 Å². The maximum absolute atomic E-state index is 10.5. The van der Waals surface area contributed by atoms with Crippen LogP contribution in [0.3, 0.4) is 0 Å². The van der Waals surface area contributed by atoms with Crippen molar-refractivity contribution >= 4 is 41.0 Å². The largest absolute Gasteiger partial charge is 0.433 e. The topological polar surface area (TPSA) is 82.1 Å². The molecule has 0 aliphatic heterocycles. The second kappa shape index (κ2) is 6.08. The van der Waals surface area contributed by atoms with Gasteiger partial charge in [0.15, 0.2) is 0 Å². The molecule has 6 nitrogen and oxygen atoms in total. The molecule has 22 heavy (non-hydrogen) atoms. The Morgan fingerprint density at radius 2 is 1.91 bits per heavy atom. The minimum Gasteiger partial charge on any atom is -0.401 e. The molecule has 110 valence electrons. The molecule has 2 aromatic heterocycles. The molecule has 0 aliphatic rings. The Morgan fingerprint density at radius 1 is 1.14 bits per heavy atom. The zero-order valence-corrected chi connectivity index (χ0v) is 12.5. The number of rotatable bonds is 4. The molecule has 0 saturated heterocycles. The van der Waals surface area contributed by atoms with Gasteiger partial charge in [-0.3, -0.25) is 10.1 Å². The zero-order chi connectivity index (χ0) is 15.5. The molecular formula is C14H8ClN3O3S. The van der Waals surface area contributed by atoms with E-state index in [9.17, 15) is 10.1 Å². The molecule has 8 heteroatoms. The molecule has 0 saturated carbocycles. The van der Waals surface area contributed by atoms with Crippen LogP contribution in [0.15, 0.2) is 40.8 Å². The highest BCUT2D eigenvalue weighted by Crippen LogP contribution is 2.26. The van der Waals surface area contributed by atoms with E-state index in [0.29, 0.717) is 15.8 Å². The molecule has 0 aliphatic carbocycles. The number of furan rings is 1. The van der Waals surface area contributed by atoms with Gasteiger partial charge in [0.1, 0.15) is 20.7 Å². The summed E-state index contributed by atoms with van der Waals surface area (Å²) in [5.41, 5.74) is 0.926. The van der Waals surface area contributed by atoms with Crippen molar-refractivity contribution in [1.29, 1.82) is 0 Å². The van der Waals surface area contributed by atoms with Gasteiger partial charge in [-0.1, -0.05) is 35.1 Å². The summed E-state index contributed by atoms with van der Waals surface area (Å²) in [5.74, 6) is 0.0914. The predicted octanol–water partition coefficient (Wildman–Crippen LogP) is 4.53. The van der Waals surface area contributed by atoms with Gasteiger partial charge in [-0.2, -0.15) is 0 Å². The number of hydrogen-bond donors (Lipinski definition) is 0. The van der Waals surface area contributed by atoms with Crippen LogP contribution in [0, 0.1) is 10.1 Å². The van der Waals surface area contributed by atoms with Crippen molar-refractivity contribution in [3.8, 4) is 10.6 Å². The second-order valence-corrected chi connectivity index (χ2v) is 5.66. The van der Waals surface area contributed by atoms with E-state index in [4.69, 9.17) is 16.0 Å². The van der Waals surface area contributed by atoms with Gasteiger partial charge in [0.25, 0.3) is 0 Å².